The minimum atomic E-state index is -0.250. The van der Waals surface area contributed by atoms with Crippen LogP contribution in [0.4, 0.5) is 0 Å². The summed E-state index contributed by atoms with van der Waals surface area (Å²) in [7, 11) is 0. The van der Waals surface area contributed by atoms with Gasteiger partial charge in [-0.15, -0.1) is 0 Å². The van der Waals surface area contributed by atoms with Crippen LogP contribution in [0.15, 0.2) is 0 Å². The highest BCUT2D eigenvalue weighted by atomic mass is 16.3. The van der Waals surface area contributed by atoms with Crippen LogP contribution in [0.5, 0.6) is 0 Å². The summed E-state index contributed by atoms with van der Waals surface area (Å²) in [6.45, 7) is 3.36. The van der Waals surface area contributed by atoms with Crippen molar-refractivity contribution in [1.82, 2.24) is 4.90 Å². The molecule has 1 N–H and O–H groups in total. The van der Waals surface area contributed by atoms with Crippen molar-refractivity contribution in [2.45, 2.75) is 26.2 Å². The first-order chi connectivity index (χ1) is 5.72. The number of amides is 1. The van der Waals surface area contributed by atoms with Crippen LogP contribution in [0.3, 0.4) is 0 Å². The van der Waals surface area contributed by atoms with E-state index in [2.05, 4.69) is 0 Å². The van der Waals surface area contributed by atoms with Gasteiger partial charge in [-0.3, -0.25) is 9.59 Å². The van der Waals surface area contributed by atoms with Crippen molar-refractivity contribution >= 4 is 12.4 Å². The Morgan fingerprint density at radius 2 is 1.75 bits per heavy atom. The molecule has 1 rings (SSSR count). The van der Waals surface area contributed by atoms with Gasteiger partial charge >= 0.3 is 0 Å². The van der Waals surface area contributed by atoms with Crippen LogP contribution < -0.4 is 0 Å². The molecule has 0 unspecified atom stereocenters. The van der Waals surface area contributed by atoms with Crippen LogP contribution in [-0.4, -0.2) is 35.5 Å². The molecule has 1 saturated heterocycles. The summed E-state index contributed by atoms with van der Waals surface area (Å²) in [6, 6.07) is 0. The smallest absolute Gasteiger partial charge is 0.290 e. The number of carbonyl (C=O) groups is 2. The van der Waals surface area contributed by atoms with E-state index in [4.69, 9.17) is 9.90 Å². The summed E-state index contributed by atoms with van der Waals surface area (Å²) < 4.78 is 0. The maximum atomic E-state index is 10.7. The molecule has 1 aliphatic heterocycles. The van der Waals surface area contributed by atoms with Crippen molar-refractivity contribution in [2.24, 2.45) is 0 Å². The van der Waals surface area contributed by atoms with Gasteiger partial charge in [-0.2, -0.15) is 0 Å². The van der Waals surface area contributed by atoms with E-state index in [1.807, 2.05) is 4.90 Å². The predicted molar refractivity (Wildman–Crippen MR) is 44.8 cm³/mol. The molecule has 1 fully saturated rings. The lowest BCUT2D eigenvalue weighted by Gasteiger charge is -2.24. The second-order valence-electron chi connectivity index (χ2n) is 2.67. The molecule has 0 spiro atoms. The molecule has 12 heavy (non-hydrogen) atoms. The Kier molecular flexibility index (Phi) is 6.05. The number of likely N-dealkylation sites (tertiary alicyclic amines) is 1. The number of carboxylic acid groups (broad SMARTS) is 1. The minimum Gasteiger partial charge on any atom is -0.483 e. The van der Waals surface area contributed by atoms with Crippen LogP contribution in [0.2, 0.25) is 0 Å². The first kappa shape index (κ1) is 10.9. The molecule has 0 saturated carbocycles. The van der Waals surface area contributed by atoms with Crippen LogP contribution in [-0.2, 0) is 9.59 Å². The second kappa shape index (κ2) is 6.64. The lowest BCUT2D eigenvalue weighted by atomic mass is 10.1. The van der Waals surface area contributed by atoms with E-state index >= 15 is 0 Å². The van der Waals surface area contributed by atoms with E-state index in [9.17, 15) is 4.79 Å². The van der Waals surface area contributed by atoms with Crippen molar-refractivity contribution in [3.63, 3.8) is 0 Å². The third kappa shape index (κ3) is 4.71. The van der Waals surface area contributed by atoms with Gasteiger partial charge in [0.15, 0.2) is 0 Å². The molecule has 0 atom stereocenters. The van der Waals surface area contributed by atoms with Gasteiger partial charge in [-0.05, 0) is 19.3 Å². The maximum Gasteiger partial charge on any atom is 0.290 e. The highest BCUT2D eigenvalue weighted by molar-refractivity contribution is 5.73. The maximum absolute atomic E-state index is 10.7. The lowest BCUT2D eigenvalue weighted by molar-refractivity contribution is -0.129. The Bertz CT molecular complexity index is 141. The molecule has 0 radical (unpaired) electrons. The van der Waals surface area contributed by atoms with Crippen LogP contribution >= 0.6 is 0 Å². The van der Waals surface area contributed by atoms with Gasteiger partial charge < -0.3 is 10.0 Å². The fraction of sp³-hybridized carbons (Fsp3) is 0.750. The molecule has 0 aromatic carbocycles. The summed E-state index contributed by atoms with van der Waals surface area (Å²) >= 11 is 0. The number of carbonyl (C=O) groups excluding carboxylic acids is 1. The average molecular weight is 173 g/mol. The highest BCUT2D eigenvalue weighted by Crippen LogP contribution is 2.07. The molecule has 4 heteroatoms. The normalized spacial score (nSPS) is 15.9. The second-order valence-corrected chi connectivity index (χ2v) is 2.67. The Morgan fingerprint density at radius 3 is 2.00 bits per heavy atom. The van der Waals surface area contributed by atoms with Crippen molar-refractivity contribution in [1.29, 1.82) is 0 Å². The summed E-state index contributed by atoms with van der Waals surface area (Å²) in [5.41, 5.74) is 0. The number of nitrogens with zero attached hydrogens (tertiary/aromatic N) is 1. The molecule has 0 aromatic rings. The van der Waals surface area contributed by atoms with Crippen LogP contribution in [0.1, 0.15) is 26.2 Å². The molecule has 4 nitrogen and oxygen atoms in total. The average Bonchev–Trinajstić information content (AvgIpc) is 2.07. The molecule has 1 amide bonds. The van der Waals surface area contributed by atoms with Gasteiger partial charge in [0, 0.05) is 20.0 Å². The zero-order valence-corrected chi connectivity index (χ0v) is 7.32. The zero-order valence-electron chi connectivity index (χ0n) is 7.32. The zero-order chi connectivity index (χ0) is 9.40. The van der Waals surface area contributed by atoms with Gasteiger partial charge in [0.25, 0.3) is 6.47 Å². The number of piperidine rings is 1. The SMILES string of the molecule is CC(=O)N1CCCCC1.O=CO. The first-order valence-corrected chi connectivity index (χ1v) is 4.05. The molecule has 0 bridgehead atoms. The molecule has 70 valence electrons. The van der Waals surface area contributed by atoms with Gasteiger partial charge in [0.2, 0.25) is 5.91 Å². The largest absolute Gasteiger partial charge is 0.483 e. The van der Waals surface area contributed by atoms with E-state index < -0.39 is 0 Å². The molecule has 1 heterocycles. The number of rotatable bonds is 0. The quantitative estimate of drug-likeness (QED) is 0.549. The Morgan fingerprint density at radius 1 is 1.33 bits per heavy atom. The lowest BCUT2D eigenvalue weighted by Crippen LogP contribution is -2.33. The standard InChI is InChI=1S/C7H13NO.CH2O2/c1-7(9)8-5-3-2-4-6-8;2-1-3/h2-6H2,1H3;1H,(H,2,3). The molecule has 0 aliphatic carbocycles. The molecular weight excluding hydrogens is 158 g/mol. The van der Waals surface area contributed by atoms with E-state index in [1.54, 1.807) is 6.92 Å². The molecule has 0 aromatic heterocycles. The Balaban J connectivity index is 0.000000354. The number of hydrogen-bond donors (Lipinski definition) is 1. The summed E-state index contributed by atoms with van der Waals surface area (Å²) in [5.74, 6) is 0.231. The fourth-order valence-electron chi connectivity index (χ4n) is 1.21. The molecule has 1 aliphatic rings. The first-order valence-electron chi connectivity index (χ1n) is 4.05. The van der Waals surface area contributed by atoms with Crippen LogP contribution in [0.25, 0.3) is 0 Å². The van der Waals surface area contributed by atoms with E-state index in [-0.39, 0.29) is 12.4 Å². The van der Waals surface area contributed by atoms with Crippen molar-refractivity contribution in [2.75, 3.05) is 13.1 Å². The van der Waals surface area contributed by atoms with Crippen LogP contribution in [0, 0.1) is 0 Å². The third-order valence-electron chi connectivity index (χ3n) is 1.80. The highest BCUT2D eigenvalue weighted by Gasteiger charge is 2.10. The van der Waals surface area contributed by atoms with Crippen molar-refractivity contribution in [3.8, 4) is 0 Å². The predicted octanol–water partition coefficient (Wildman–Crippen LogP) is 0.720. The number of hydrogen-bond acceptors (Lipinski definition) is 2. The van der Waals surface area contributed by atoms with Gasteiger partial charge in [0.1, 0.15) is 0 Å². The van der Waals surface area contributed by atoms with Crippen molar-refractivity contribution in [3.05, 3.63) is 0 Å². The van der Waals surface area contributed by atoms with Gasteiger partial charge in [0.05, 0.1) is 0 Å². The molecular formula is C8H15NO3. The van der Waals surface area contributed by atoms with E-state index in [0.29, 0.717) is 0 Å². The topological polar surface area (TPSA) is 57.6 Å². The summed E-state index contributed by atoms with van der Waals surface area (Å²) in [4.78, 5) is 21.0. The van der Waals surface area contributed by atoms with Gasteiger partial charge in [-0.25, -0.2) is 0 Å². The van der Waals surface area contributed by atoms with Gasteiger partial charge in [-0.1, -0.05) is 0 Å². The summed E-state index contributed by atoms with van der Waals surface area (Å²) in [5, 5.41) is 6.89. The fourth-order valence-corrected chi connectivity index (χ4v) is 1.21. The van der Waals surface area contributed by atoms with E-state index in [1.165, 1.54) is 19.3 Å². The third-order valence-corrected chi connectivity index (χ3v) is 1.80. The van der Waals surface area contributed by atoms with Crippen molar-refractivity contribution < 1.29 is 14.7 Å². The minimum absolute atomic E-state index is 0.231. The van der Waals surface area contributed by atoms with E-state index in [0.717, 1.165) is 13.1 Å². The summed E-state index contributed by atoms with van der Waals surface area (Å²) in [6.07, 6.45) is 3.68. The monoisotopic (exact) mass is 173 g/mol. The Labute approximate surface area is 72.2 Å². The Hall–Kier alpha value is -1.06.